The SMILES string of the molecule is Cc1c(-c2[nH]c3ccc(N4CCN(C(=O)CCN(C)C)C[C@H]4C)nc3c2C(C)C)cn2ncnc2c1C. The van der Waals surface area contributed by atoms with E-state index in [9.17, 15) is 4.79 Å². The van der Waals surface area contributed by atoms with E-state index in [0.717, 1.165) is 65.5 Å². The third-order valence-electron chi connectivity index (χ3n) is 7.69. The highest BCUT2D eigenvalue weighted by molar-refractivity contribution is 5.90. The van der Waals surface area contributed by atoms with E-state index in [1.54, 1.807) is 6.33 Å². The van der Waals surface area contributed by atoms with Gasteiger partial charge in [0, 0.05) is 56.0 Å². The summed E-state index contributed by atoms with van der Waals surface area (Å²) in [5, 5.41) is 4.40. The largest absolute Gasteiger partial charge is 0.353 e. The number of hydrogen-bond donors (Lipinski definition) is 1. The van der Waals surface area contributed by atoms with Crippen molar-refractivity contribution >= 4 is 28.4 Å². The van der Waals surface area contributed by atoms with Crippen molar-refractivity contribution in [2.24, 2.45) is 0 Å². The minimum atomic E-state index is 0.197. The molecule has 0 unspecified atom stereocenters. The van der Waals surface area contributed by atoms with Crippen molar-refractivity contribution in [2.75, 3.05) is 45.2 Å². The van der Waals surface area contributed by atoms with Gasteiger partial charge in [0.2, 0.25) is 5.91 Å². The van der Waals surface area contributed by atoms with Crippen LogP contribution < -0.4 is 4.90 Å². The molecule has 1 aliphatic rings. The molecular weight excluding hydrogens is 464 g/mol. The summed E-state index contributed by atoms with van der Waals surface area (Å²) < 4.78 is 1.85. The number of hydrogen-bond acceptors (Lipinski definition) is 6. The fraction of sp³-hybridized carbons (Fsp3) is 0.500. The van der Waals surface area contributed by atoms with Crippen LogP contribution in [-0.2, 0) is 4.79 Å². The van der Waals surface area contributed by atoms with E-state index in [4.69, 9.17) is 4.98 Å². The van der Waals surface area contributed by atoms with Crippen molar-refractivity contribution in [1.82, 2.24) is 34.4 Å². The van der Waals surface area contributed by atoms with Gasteiger partial charge < -0.3 is 19.7 Å². The summed E-state index contributed by atoms with van der Waals surface area (Å²) in [4.78, 5) is 32.4. The van der Waals surface area contributed by atoms with E-state index in [-0.39, 0.29) is 17.9 Å². The lowest BCUT2D eigenvalue weighted by molar-refractivity contribution is -0.132. The predicted octanol–water partition coefficient (Wildman–Crippen LogP) is 4.00. The number of carbonyl (C=O) groups is 1. The molecule has 1 N–H and O–H groups in total. The number of nitrogens with one attached hydrogen (secondary N) is 1. The maximum absolute atomic E-state index is 12.7. The van der Waals surface area contributed by atoms with Crippen LogP contribution in [0, 0.1) is 13.8 Å². The lowest BCUT2D eigenvalue weighted by Gasteiger charge is -2.40. The lowest BCUT2D eigenvalue weighted by atomic mass is 9.95. The van der Waals surface area contributed by atoms with Gasteiger partial charge in [-0.2, -0.15) is 5.10 Å². The summed E-state index contributed by atoms with van der Waals surface area (Å²) >= 11 is 0. The number of amides is 1. The Bertz CT molecular complexity index is 1450. The average Bonchev–Trinajstić information content (AvgIpc) is 3.48. The molecule has 196 valence electrons. The second kappa shape index (κ2) is 9.78. The smallest absolute Gasteiger partial charge is 0.223 e. The van der Waals surface area contributed by atoms with Gasteiger partial charge >= 0.3 is 0 Å². The maximum atomic E-state index is 12.7. The average molecular weight is 503 g/mol. The predicted molar refractivity (Wildman–Crippen MR) is 148 cm³/mol. The van der Waals surface area contributed by atoms with Crippen LogP contribution in [0.4, 0.5) is 5.82 Å². The van der Waals surface area contributed by atoms with E-state index in [1.165, 1.54) is 11.1 Å². The Morgan fingerprint density at radius 2 is 1.97 bits per heavy atom. The molecule has 0 saturated carbocycles. The van der Waals surface area contributed by atoms with Crippen LogP contribution in [0.15, 0.2) is 24.7 Å². The number of fused-ring (bicyclic) bond motifs is 2. The maximum Gasteiger partial charge on any atom is 0.223 e. The molecule has 1 fully saturated rings. The number of aromatic nitrogens is 5. The first-order valence-corrected chi connectivity index (χ1v) is 13.2. The van der Waals surface area contributed by atoms with E-state index in [2.05, 4.69) is 77.8 Å². The van der Waals surface area contributed by atoms with Crippen molar-refractivity contribution in [3.05, 3.63) is 41.3 Å². The molecule has 37 heavy (non-hydrogen) atoms. The Kier molecular flexibility index (Phi) is 6.66. The van der Waals surface area contributed by atoms with Crippen molar-refractivity contribution < 1.29 is 4.79 Å². The molecule has 9 heteroatoms. The van der Waals surface area contributed by atoms with E-state index in [1.807, 2.05) is 23.5 Å². The number of aryl methyl sites for hydroxylation is 1. The second-order valence-corrected chi connectivity index (χ2v) is 10.9. The Balaban J connectivity index is 1.48. The van der Waals surface area contributed by atoms with Gasteiger partial charge in [-0.05, 0) is 64.0 Å². The molecule has 0 aliphatic carbocycles. The van der Waals surface area contributed by atoms with Gasteiger partial charge in [0.25, 0.3) is 0 Å². The minimum absolute atomic E-state index is 0.197. The highest BCUT2D eigenvalue weighted by atomic mass is 16.2. The Hall–Kier alpha value is -3.46. The van der Waals surface area contributed by atoms with Crippen LogP contribution in [-0.4, -0.2) is 86.6 Å². The van der Waals surface area contributed by atoms with Crippen LogP contribution in [0.1, 0.15) is 49.8 Å². The first kappa shape index (κ1) is 25.2. The molecule has 4 aromatic rings. The summed E-state index contributed by atoms with van der Waals surface area (Å²) in [5.74, 6) is 1.48. The fourth-order valence-electron chi connectivity index (χ4n) is 5.47. The Labute approximate surface area is 218 Å². The molecule has 5 rings (SSSR count). The summed E-state index contributed by atoms with van der Waals surface area (Å²) in [7, 11) is 4.01. The van der Waals surface area contributed by atoms with E-state index in [0.29, 0.717) is 6.42 Å². The standard InChI is InChI=1S/C28H38N8O/c1-17(2)25-26(21-15-36-28(29-16-30-36)20(5)19(21)4)31-22-8-9-23(32-27(22)25)35-13-12-34(14-18(35)3)24(37)10-11-33(6)7/h8-9,15-18,31H,10-14H2,1-7H3/t18-/m1/s1. The second-order valence-electron chi connectivity index (χ2n) is 10.9. The van der Waals surface area contributed by atoms with Crippen molar-refractivity contribution in [1.29, 1.82) is 0 Å². The summed E-state index contributed by atoms with van der Waals surface area (Å²) in [6, 6.07) is 4.44. The molecule has 5 heterocycles. The number of anilines is 1. The first-order chi connectivity index (χ1) is 17.7. The number of aromatic amines is 1. The summed E-state index contributed by atoms with van der Waals surface area (Å²) in [6.07, 6.45) is 4.23. The number of H-pyrrole nitrogens is 1. The van der Waals surface area contributed by atoms with Gasteiger partial charge in [-0.3, -0.25) is 4.79 Å². The molecule has 9 nitrogen and oxygen atoms in total. The first-order valence-electron chi connectivity index (χ1n) is 13.2. The zero-order valence-electron chi connectivity index (χ0n) is 23.0. The fourth-order valence-corrected chi connectivity index (χ4v) is 5.47. The number of nitrogens with zero attached hydrogens (tertiary/aromatic N) is 7. The van der Waals surface area contributed by atoms with Gasteiger partial charge in [-0.25, -0.2) is 14.5 Å². The third kappa shape index (κ3) is 4.56. The van der Waals surface area contributed by atoms with Gasteiger partial charge in [-0.15, -0.1) is 0 Å². The van der Waals surface area contributed by atoms with Crippen LogP contribution in [0.25, 0.3) is 27.9 Å². The molecule has 1 aliphatic heterocycles. The third-order valence-corrected chi connectivity index (χ3v) is 7.69. The Morgan fingerprint density at radius 3 is 2.68 bits per heavy atom. The van der Waals surface area contributed by atoms with Gasteiger partial charge in [0.15, 0.2) is 5.65 Å². The molecule has 0 spiro atoms. The molecule has 0 bridgehead atoms. The molecule has 4 aromatic heterocycles. The van der Waals surface area contributed by atoms with Crippen LogP contribution in [0.5, 0.6) is 0 Å². The number of rotatable bonds is 6. The normalized spacial score (nSPS) is 16.6. The molecule has 1 atom stereocenters. The summed E-state index contributed by atoms with van der Waals surface area (Å²) in [5.41, 5.74) is 8.68. The molecule has 0 radical (unpaired) electrons. The van der Waals surface area contributed by atoms with Crippen LogP contribution in [0.3, 0.4) is 0 Å². The molecule has 0 aromatic carbocycles. The van der Waals surface area contributed by atoms with Crippen molar-refractivity contribution in [3.8, 4) is 11.3 Å². The van der Waals surface area contributed by atoms with Gasteiger partial charge in [0.1, 0.15) is 12.1 Å². The van der Waals surface area contributed by atoms with Crippen molar-refractivity contribution in [3.63, 3.8) is 0 Å². The van der Waals surface area contributed by atoms with Crippen molar-refractivity contribution in [2.45, 2.75) is 53.0 Å². The van der Waals surface area contributed by atoms with Crippen LogP contribution >= 0.6 is 0 Å². The van der Waals surface area contributed by atoms with E-state index >= 15 is 0 Å². The van der Waals surface area contributed by atoms with E-state index < -0.39 is 0 Å². The molecular formula is C28H38N8O. The number of piperazine rings is 1. The topological polar surface area (TPSA) is 85.7 Å². The molecule has 1 saturated heterocycles. The van der Waals surface area contributed by atoms with Gasteiger partial charge in [-0.1, -0.05) is 13.8 Å². The number of pyridine rings is 2. The minimum Gasteiger partial charge on any atom is -0.353 e. The van der Waals surface area contributed by atoms with Crippen LogP contribution in [0.2, 0.25) is 0 Å². The zero-order chi connectivity index (χ0) is 26.4. The zero-order valence-corrected chi connectivity index (χ0v) is 23.0. The quantitative estimate of drug-likeness (QED) is 0.429. The summed E-state index contributed by atoms with van der Waals surface area (Å²) in [6.45, 7) is 13.9. The highest BCUT2D eigenvalue weighted by Crippen LogP contribution is 2.38. The molecule has 1 amide bonds. The van der Waals surface area contributed by atoms with Gasteiger partial charge in [0.05, 0.1) is 16.7 Å². The highest BCUT2D eigenvalue weighted by Gasteiger charge is 2.28. The lowest BCUT2D eigenvalue weighted by Crippen LogP contribution is -2.54. The monoisotopic (exact) mass is 502 g/mol. The number of carbonyl (C=O) groups excluding carboxylic acids is 1. The Morgan fingerprint density at radius 1 is 1.19 bits per heavy atom.